The van der Waals surface area contributed by atoms with Gasteiger partial charge in [-0.15, -0.1) is 11.3 Å². The van der Waals surface area contributed by atoms with E-state index >= 15 is 0 Å². The van der Waals surface area contributed by atoms with Gasteiger partial charge in [-0.25, -0.2) is 14.8 Å². The van der Waals surface area contributed by atoms with Crippen molar-refractivity contribution in [2.75, 3.05) is 23.8 Å². The molecule has 5 rings (SSSR count). The van der Waals surface area contributed by atoms with Crippen molar-refractivity contribution < 1.29 is 23.5 Å². The topological polar surface area (TPSA) is 114 Å². The van der Waals surface area contributed by atoms with E-state index in [1.165, 1.54) is 41.8 Å². The van der Waals surface area contributed by atoms with Gasteiger partial charge in [-0.1, -0.05) is 30.3 Å². The maximum absolute atomic E-state index is 13.1. The molecule has 228 valence electrons. The number of ether oxygens (including phenoxy) is 2. The summed E-state index contributed by atoms with van der Waals surface area (Å²) >= 11 is 3.58. The number of amides is 2. The van der Waals surface area contributed by atoms with Crippen LogP contribution in [-0.2, 0) is 4.79 Å². The van der Waals surface area contributed by atoms with Gasteiger partial charge in [-0.05, 0) is 95.7 Å². The van der Waals surface area contributed by atoms with Crippen molar-refractivity contribution in [3.05, 3.63) is 117 Å². The van der Waals surface area contributed by atoms with E-state index in [0.29, 0.717) is 38.5 Å². The Morgan fingerprint density at radius 2 is 1.73 bits per heavy atom. The second-order valence-corrected chi connectivity index (χ2v) is 11.4. The van der Waals surface area contributed by atoms with Crippen LogP contribution in [0.15, 0.2) is 101 Å². The predicted octanol–water partition coefficient (Wildman–Crippen LogP) is 7.48. The lowest BCUT2D eigenvalue weighted by molar-refractivity contribution is -0.118. The molecule has 0 radical (unpaired) electrons. The number of carbonyl (C=O) groups excluding carboxylic acids is 2. The zero-order valence-electron chi connectivity index (χ0n) is 23.9. The summed E-state index contributed by atoms with van der Waals surface area (Å²) in [6.07, 6.45) is 1.50. The van der Waals surface area contributed by atoms with Gasteiger partial charge in [0.1, 0.15) is 5.82 Å². The van der Waals surface area contributed by atoms with E-state index in [-0.39, 0.29) is 12.5 Å². The van der Waals surface area contributed by atoms with E-state index in [1.807, 2.05) is 54.8 Å². The van der Waals surface area contributed by atoms with Crippen LogP contribution in [0.25, 0.3) is 11.3 Å². The number of hydrogen-bond acceptors (Lipinski definition) is 8. The third kappa shape index (κ3) is 8.86. The van der Waals surface area contributed by atoms with Gasteiger partial charge >= 0.3 is 0 Å². The van der Waals surface area contributed by atoms with Crippen LogP contribution in [-0.4, -0.2) is 36.2 Å². The molecular weight excluding hydrogens is 708 g/mol. The molecule has 2 amide bonds. The van der Waals surface area contributed by atoms with Gasteiger partial charge < -0.3 is 20.1 Å². The third-order valence-corrected chi connectivity index (χ3v) is 7.72. The van der Waals surface area contributed by atoms with Crippen LogP contribution in [0, 0.1) is 9.39 Å². The zero-order valence-corrected chi connectivity index (χ0v) is 26.9. The van der Waals surface area contributed by atoms with Crippen molar-refractivity contribution in [3.63, 3.8) is 0 Å². The second kappa shape index (κ2) is 15.3. The molecular formula is C33H27FIN5O4S. The van der Waals surface area contributed by atoms with E-state index in [4.69, 9.17) is 9.47 Å². The molecule has 0 spiro atoms. The van der Waals surface area contributed by atoms with Gasteiger partial charge in [0.2, 0.25) is 0 Å². The first-order chi connectivity index (χ1) is 21.9. The minimum atomic E-state index is -0.405. The van der Waals surface area contributed by atoms with Crippen LogP contribution in [0.2, 0.25) is 0 Å². The molecule has 0 aliphatic rings. The summed E-state index contributed by atoms with van der Waals surface area (Å²) in [5.41, 5.74) is 6.77. The Hall–Kier alpha value is -4.82. The summed E-state index contributed by atoms with van der Waals surface area (Å²) in [6.45, 7) is 1.93. The Kier molecular flexibility index (Phi) is 10.7. The monoisotopic (exact) mass is 735 g/mol. The van der Waals surface area contributed by atoms with Crippen LogP contribution in [0.1, 0.15) is 22.8 Å². The fraction of sp³-hybridized carbons (Fsp3) is 0.0909. The zero-order chi connectivity index (χ0) is 31.6. The summed E-state index contributed by atoms with van der Waals surface area (Å²) in [4.78, 5) is 29.7. The number of anilines is 3. The number of thiazole rings is 1. The second-order valence-electron chi connectivity index (χ2n) is 9.41. The highest BCUT2D eigenvalue weighted by molar-refractivity contribution is 14.1. The van der Waals surface area contributed by atoms with Crippen molar-refractivity contribution in [1.82, 2.24) is 10.4 Å². The van der Waals surface area contributed by atoms with Crippen molar-refractivity contribution >= 4 is 68.5 Å². The van der Waals surface area contributed by atoms with Crippen molar-refractivity contribution in [2.45, 2.75) is 6.92 Å². The van der Waals surface area contributed by atoms with E-state index in [0.717, 1.165) is 22.1 Å². The highest BCUT2D eigenvalue weighted by Crippen LogP contribution is 2.34. The van der Waals surface area contributed by atoms with Crippen LogP contribution in [0.3, 0.4) is 0 Å². The molecule has 1 heterocycles. The third-order valence-electron chi connectivity index (χ3n) is 6.16. The molecule has 0 unspecified atom stereocenters. The van der Waals surface area contributed by atoms with E-state index in [9.17, 15) is 14.0 Å². The van der Waals surface area contributed by atoms with Crippen molar-refractivity contribution in [3.8, 4) is 22.8 Å². The van der Waals surface area contributed by atoms with Gasteiger partial charge in [0.05, 0.1) is 22.1 Å². The van der Waals surface area contributed by atoms with E-state index in [2.05, 4.69) is 48.7 Å². The van der Waals surface area contributed by atoms with Gasteiger partial charge in [0.15, 0.2) is 23.2 Å². The van der Waals surface area contributed by atoms with Crippen LogP contribution >= 0.6 is 33.9 Å². The summed E-state index contributed by atoms with van der Waals surface area (Å²) in [5, 5.41) is 12.8. The smallest absolute Gasteiger partial charge is 0.271 e. The van der Waals surface area contributed by atoms with Gasteiger partial charge in [0, 0.05) is 27.9 Å². The Morgan fingerprint density at radius 1 is 0.978 bits per heavy atom. The maximum Gasteiger partial charge on any atom is 0.271 e. The van der Waals surface area contributed by atoms with Crippen LogP contribution < -0.4 is 25.5 Å². The molecule has 12 heteroatoms. The molecule has 0 aliphatic heterocycles. The molecule has 1 aromatic heterocycles. The molecule has 0 aliphatic carbocycles. The van der Waals surface area contributed by atoms with Crippen molar-refractivity contribution in [1.29, 1.82) is 0 Å². The largest absolute Gasteiger partial charge is 0.490 e. The molecule has 0 atom stereocenters. The first kappa shape index (κ1) is 31.6. The summed E-state index contributed by atoms with van der Waals surface area (Å²) in [7, 11) is 0. The number of rotatable bonds is 12. The lowest BCUT2D eigenvalue weighted by Gasteiger charge is -2.14. The average molecular weight is 736 g/mol. The highest BCUT2D eigenvalue weighted by atomic mass is 127. The van der Waals surface area contributed by atoms with Gasteiger partial charge in [-0.2, -0.15) is 5.10 Å². The summed E-state index contributed by atoms with van der Waals surface area (Å²) < 4.78 is 25.3. The van der Waals surface area contributed by atoms with Gasteiger partial charge in [-0.3, -0.25) is 9.59 Å². The number of nitrogens with one attached hydrogen (secondary N) is 3. The Labute approximate surface area is 276 Å². The predicted molar refractivity (Wildman–Crippen MR) is 183 cm³/mol. The minimum Gasteiger partial charge on any atom is -0.490 e. The minimum absolute atomic E-state index is 0.274. The van der Waals surface area contributed by atoms with Crippen LogP contribution in [0.5, 0.6) is 11.5 Å². The Bertz CT molecular complexity index is 1800. The van der Waals surface area contributed by atoms with E-state index in [1.54, 1.807) is 24.3 Å². The fourth-order valence-corrected chi connectivity index (χ4v) is 5.59. The standard InChI is InChI=1S/C33H27FIN5O4S/c1-2-43-29-17-21(16-27(35)31(29)44-19-30(41)37-26-14-12-24(34)13-15-26)18-36-40-32(42)23-10-8-22(9-11-23)28-20-45-33(39-28)38-25-6-4-3-5-7-25/h3-18,20H,2,19H2,1H3,(H,37,41)(H,38,39)(H,40,42)/b36-18+. The normalized spacial score (nSPS) is 10.8. The Balaban J connectivity index is 1.17. The molecule has 45 heavy (non-hydrogen) atoms. The molecule has 4 aromatic carbocycles. The van der Waals surface area contributed by atoms with Crippen molar-refractivity contribution in [2.24, 2.45) is 5.10 Å². The molecule has 9 nitrogen and oxygen atoms in total. The number of para-hydroxylation sites is 1. The number of nitrogens with zero attached hydrogens (tertiary/aromatic N) is 2. The lowest BCUT2D eigenvalue weighted by atomic mass is 10.1. The first-order valence-corrected chi connectivity index (χ1v) is 15.7. The Morgan fingerprint density at radius 3 is 2.47 bits per heavy atom. The number of aromatic nitrogens is 1. The molecule has 0 bridgehead atoms. The maximum atomic E-state index is 13.1. The first-order valence-electron chi connectivity index (χ1n) is 13.7. The lowest BCUT2D eigenvalue weighted by Crippen LogP contribution is -2.20. The van der Waals surface area contributed by atoms with Crippen LogP contribution in [0.4, 0.5) is 20.9 Å². The molecule has 5 aromatic rings. The molecule has 0 saturated heterocycles. The quantitative estimate of drug-likeness (QED) is 0.0696. The molecule has 0 saturated carbocycles. The number of hydrazone groups is 1. The van der Waals surface area contributed by atoms with E-state index < -0.39 is 11.7 Å². The number of benzene rings is 4. The summed E-state index contributed by atoms with van der Waals surface area (Å²) in [6, 6.07) is 25.9. The highest BCUT2D eigenvalue weighted by Gasteiger charge is 2.14. The summed E-state index contributed by atoms with van der Waals surface area (Å²) in [5.74, 6) is -0.342. The average Bonchev–Trinajstić information content (AvgIpc) is 3.51. The number of hydrogen-bond donors (Lipinski definition) is 3. The number of halogens is 2. The number of carbonyl (C=O) groups is 2. The SMILES string of the molecule is CCOc1cc(/C=N/NC(=O)c2ccc(-c3csc(Nc4ccccc4)n3)cc2)cc(I)c1OCC(=O)Nc1ccc(F)cc1. The molecule has 3 N–H and O–H groups in total. The fourth-order valence-electron chi connectivity index (χ4n) is 4.06. The van der Waals surface area contributed by atoms with Gasteiger partial charge in [0.25, 0.3) is 11.8 Å². The molecule has 0 fully saturated rings.